The summed E-state index contributed by atoms with van der Waals surface area (Å²) in [6.45, 7) is 2.19. The molecule has 0 aliphatic rings. The van der Waals surface area contributed by atoms with Gasteiger partial charge in [0.15, 0.2) is 4.80 Å². The fourth-order valence-electron chi connectivity index (χ4n) is 2.53. The van der Waals surface area contributed by atoms with Crippen molar-refractivity contribution in [2.45, 2.75) is 13.5 Å². The van der Waals surface area contributed by atoms with E-state index in [0.717, 1.165) is 10.2 Å². The highest BCUT2D eigenvalue weighted by molar-refractivity contribution is 7.16. The second kappa shape index (κ2) is 7.98. The maximum absolute atomic E-state index is 13.8. The van der Waals surface area contributed by atoms with Gasteiger partial charge in [0, 0.05) is 0 Å². The zero-order valence-corrected chi connectivity index (χ0v) is 15.3. The molecular formula is C20H15FN2O3S. The average Bonchev–Trinajstić information content (AvgIpc) is 2.99. The first-order chi connectivity index (χ1) is 13.0. The number of rotatable bonds is 4. The number of esters is 1. The van der Waals surface area contributed by atoms with Crippen molar-refractivity contribution in [1.82, 2.24) is 4.57 Å². The summed E-state index contributed by atoms with van der Waals surface area (Å²) >= 11 is 1.19. The van der Waals surface area contributed by atoms with Gasteiger partial charge in [0.2, 0.25) is 0 Å². The van der Waals surface area contributed by atoms with Gasteiger partial charge < -0.3 is 9.30 Å². The lowest BCUT2D eigenvalue weighted by atomic mass is 10.2. The van der Waals surface area contributed by atoms with Crippen LogP contribution in [0.15, 0.2) is 47.5 Å². The molecule has 0 unspecified atom stereocenters. The summed E-state index contributed by atoms with van der Waals surface area (Å²) in [6, 6.07) is 10.7. The molecule has 1 amide bonds. The molecule has 0 N–H and O–H groups in total. The summed E-state index contributed by atoms with van der Waals surface area (Å²) in [5.74, 6) is 0.748. The van der Waals surface area contributed by atoms with Gasteiger partial charge in [0.05, 0.1) is 34.5 Å². The van der Waals surface area contributed by atoms with Crippen molar-refractivity contribution in [3.63, 3.8) is 0 Å². The Bertz CT molecular complexity index is 1140. The molecule has 0 saturated carbocycles. The van der Waals surface area contributed by atoms with Gasteiger partial charge in [-0.05, 0) is 37.3 Å². The topological polar surface area (TPSA) is 60.7 Å². The van der Waals surface area contributed by atoms with Gasteiger partial charge >= 0.3 is 5.97 Å². The second-order valence-electron chi connectivity index (χ2n) is 5.47. The van der Waals surface area contributed by atoms with E-state index in [1.807, 2.05) is 0 Å². The Balaban J connectivity index is 2.13. The number of benzene rings is 2. The number of aromatic nitrogens is 1. The van der Waals surface area contributed by atoms with Crippen LogP contribution in [0.2, 0.25) is 0 Å². The van der Waals surface area contributed by atoms with Crippen molar-refractivity contribution in [2.75, 3.05) is 6.61 Å². The van der Waals surface area contributed by atoms with Gasteiger partial charge in [0.25, 0.3) is 5.91 Å². The molecular weight excluding hydrogens is 367 g/mol. The molecule has 3 aromatic rings. The molecule has 5 nitrogen and oxygen atoms in total. The van der Waals surface area contributed by atoms with Gasteiger partial charge in [-0.3, -0.25) is 4.79 Å². The smallest absolute Gasteiger partial charge is 0.338 e. The number of carbonyl (C=O) groups is 2. The number of thiazole rings is 1. The molecule has 3 rings (SSSR count). The summed E-state index contributed by atoms with van der Waals surface area (Å²) in [5.41, 5.74) is 1.01. The number of nitrogens with zero attached hydrogens (tertiary/aromatic N) is 2. The molecule has 0 atom stereocenters. The van der Waals surface area contributed by atoms with Gasteiger partial charge in [-0.2, -0.15) is 4.99 Å². The number of hydrogen-bond acceptors (Lipinski definition) is 4. The van der Waals surface area contributed by atoms with E-state index in [4.69, 9.17) is 11.2 Å². The Morgan fingerprint density at radius 1 is 1.30 bits per heavy atom. The summed E-state index contributed by atoms with van der Waals surface area (Å²) in [5, 5.41) is 0. The summed E-state index contributed by atoms with van der Waals surface area (Å²) in [4.78, 5) is 28.7. The van der Waals surface area contributed by atoms with Crippen molar-refractivity contribution in [3.8, 4) is 12.3 Å². The van der Waals surface area contributed by atoms with Crippen molar-refractivity contribution in [3.05, 3.63) is 64.2 Å². The largest absolute Gasteiger partial charge is 0.462 e. The lowest BCUT2D eigenvalue weighted by Gasteiger charge is -2.03. The van der Waals surface area contributed by atoms with Crippen LogP contribution in [0.5, 0.6) is 0 Å². The number of hydrogen-bond donors (Lipinski definition) is 0. The predicted molar refractivity (Wildman–Crippen MR) is 101 cm³/mol. The monoisotopic (exact) mass is 382 g/mol. The third kappa shape index (κ3) is 3.81. The first-order valence-corrected chi connectivity index (χ1v) is 8.94. The van der Waals surface area contributed by atoms with Crippen molar-refractivity contribution < 1.29 is 18.7 Å². The van der Waals surface area contributed by atoms with Crippen molar-refractivity contribution >= 4 is 33.4 Å². The molecule has 0 bridgehead atoms. The quantitative estimate of drug-likeness (QED) is 0.513. The Morgan fingerprint density at radius 2 is 2.07 bits per heavy atom. The van der Waals surface area contributed by atoms with Crippen LogP contribution in [-0.2, 0) is 11.3 Å². The Kier molecular flexibility index (Phi) is 5.48. The fraction of sp³-hybridized carbons (Fsp3) is 0.150. The molecule has 1 aromatic heterocycles. The van der Waals surface area contributed by atoms with Crippen LogP contribution in [0.1, 0.15) is 27.6 Å². The highest BCUT2D eigenvalue weighted by Crippen LogP contribution is 2.20. The van der Waals surface area contributed by atoms with Gasteiger partial charge in [-0.25, -0.2) is 9.18 Å². The molecule has 27 heavy (non-hydrogen) atoms. The number of carbonyl (C=O) groups excluding carboxylic acids is 2. The highest BCUT2D eigenvalue weighted by atomic mass is 32.1. The van der Waals surface area contributed by atoms with E-state index in [0.29, 0.717) is 10.4 Å². The Morgan fingerprint density at radius 3 is 2.78 bits per heavy atom. The summed E-state index contributed by atoms with van der Waals surface area (Å²) in [7, 11) is 0. The van der Waals surface area contributed by atoms with Gasteiger partial charge in [-0.1, -0.05) is 29.4 Å². The zero-order chi connectivity index (χ0) is 19.4. The molecule has 0 spiro atoms. The molecule has 0 aliphatic heterocycles. The fourth-order valence-corrected chi connectivity index (χ4v) is 3.59. The third-order valence-corrected chi connectivity index (χ3v) is 4.79. The van der Waals surface area contributed by atoms with Crippen LogP contribution in [0.25, 0.3) is 10.2 Å². The van der Waals surface area contributed by atoms with Crippen LogP contribution < -0.4 is 4.80 Å². The molecule has 0 aliphatic carbocycles. The van der Waals surface area contributed by atoms with E-state index in [2.05, 4.69) is 10.9 Å². The predicted octanol–water partition coefficient (Wildman–Crippen LogP) is 3.39. The molecule has 2 aromatic carbocycles. The third-order valence-electron chi connectivity index (χ3n) is 3.74. The van der Waals surface area contributed by atoms with E-state index in [9.17, 15) is 14.0 Å². The first kappa shape index (κ1) is 18.5. The van der Waals surface area contributed by atoms with Gasteiger partial charge in [-0.15, -0.1) is 6.42 Å². The zero-order valence-electron chi connectivity index (χ0n) is 14.4. The molecule has 7 heteroatoms. The number of halogens is 1. The summed E-state index contributed by atoms with van der Waals surface area (Å²) < 4.78 is 21.2. The van der Waals surface area contributed by atoms with E-state index >= 15 is 0 Å². The molecule has 1 heterocycles. The number of ether oxygens (including phenoxy) is 1. The highest BCUT2D eigenvalue weighted by Gasteiger charge is 2.14. The van der Waals surface area contributed by atoms with E-state index in [-0.39, 0.29) is 18.7 Å². The van der Waals surface area contributed by atoms with E-state index < -0.39 is 17.7 Å². The Labute approximate surface area is 158 Å². The molecule has 0 saturated heterocycles. The normalized spacial score (nSPS) is 11.4. The van der Waals surface area contributed by atoms with Crippen molar-refractivity contribution in [2.24, 2.45) is 4.99 Å². The SMILES string of the molecule is C#CCn1c(=NC(=O)c2ccccc2F)sc2cc(C(=O)OCC)ccc21. The second-order valence-corrected chi connectivity index (χ2v) is 6.48. The lowest BCUT2D eigenvalue weighted by Crippen LogP contribution is -2.16. The van der Waals surface area contributed by atoms with Crippen LogP contribution in [0.4, 0.5) is 4.39 Å². The molecule has 136 valence electrons. The minimum atomic E-state index is -0.698. The maximum Gasteiger partial charge on any atom is 0.338 e. The van der Waals surface area contributed by atoms with Crippen LogP contribution in [-0.4, -0.2) is 23.1 Å². The van der Waals surface area contributed by atoms with Crippen LogP contribution >= 0.6 is 11.3 Å². The Hall–Kier alpha value is -3.24. The minimum Gasteiger partial charge on any atom is -0.462 e. The summed E-state index contributed by atoms with van der Waals surface area (Å²) in [6.07, 6.45) is 5.44. The number of fused-ring (bicyclic) bond motifs is 1. The average molecular weight is 382 g/mol. The number of terminal acetylenes is 1. The van der Waals surface area contributed by atoms with Gasteiger partial charge in [0.1, 0.15) is 5.82 Å². The van der Waals surface area contributed by atoms with Crippen LogP contribution in [0.3, 0.4) is 0 Å². The first-order valence-electron chi connectivity index (χ1n) is 8.12. The standard InChI is InChI=1S/C20H15FN2O3S/c1-3-11-23-16-10-9-13(19(25)26-4-2)12-17(16)27-20(23)22-18(24)14-7-5-6-8-15(14)21/h1,5-10,12H,4,11H2,2H3. The number of amides is 1. The molecule has 0 radical (unpaired) electrons. The van der Waals surface area contributed by atoms with Crippen molar-refractivity contribution in [1.29, 1.82) is 0 Å². The maximum atomic E-state index is 13.8. The van der Waals surface area contributed by atoms with Crippen LogP contribution in [0, 0.1) is 18.2 Å². The van der Waals surface area contributed by atoms with E-state index in [1.54, 1.807) is 35.8 Å². The molecule has 0 fully saturated rings. The minimum absolute atomic E-state index is 0.116. The van der Waals surface area contributed by atoms with E-state index in [1.165, 1.54) is 29.5 Å². The lowest BCUT2D eigenvalue weighted by molar-refractivity contribution is 0.0526.